The molecule has 2 aliphatic carbocycles. The number of fused-ring (bicyclic) bond motifs is 2. The molecule has 2 unspecified atom stereocenters. The first kappa shape index (κ1) is 10.8. The van der Waals surface area contributed by atoms with E-state index in [0.29, 0.717) is 12.0 Å². The largest absolute Gasteiger partial charge is 0.444 e. The van der Waals surface area contributed by atoms with E-state index in [4.69, 9.17) is 4.74 Å². The van der Waals surface area contributed by atoms with E-state index in [9.17, 15) is 4.79 Å². The lowest BCUT2D eigenvalue weighted by atomic mass is 9.96. The maximum atomic E-state index is 11.6. The summed E-state index contributed by atoms with van der Waals surface area (Å²) in [6.07, 6.45) is 4.85. The molecule has 2 saturated carbocycles. The molecular formula is C12H21NO2. The summed E-state index contributed by atoms with van der Waals surface area (Å²) in [5.41, 5.74) is -0.387. The van der Waals surface area contributed by atoms with Crippen LogP contribution in [0.25, 0.3) is 0 Å². The maximum Gasteiger partial charge on any atom is 0.407 e. The van der Waals surface area contributed by atoms with Crippen molar-refractivity contribution in [1.29, 1.82) is 0 Å². The van der Waals surface area contributed by atoms with Crippen LogP contribution in [0.1, 0.15) is 46.5 Å². The van der Waals surface area contributed by atoms with Gasteiger partial charge in [-0.2, -0.15) is 0 Å². The zero-order valence-electron chi connectivity index (χ0n) is 9.88. The van der Waals surface area contributed by atoms with Gasteiger partial charge in [-0.05, 0) is 51.9 Å². The maximum absolute atomic E-state index is 11.6. The van der Waals surface area contributed by atoms with Crippen LogP contribution >= 0.6 is 0 Å². The highest BCUT2D eigenvalue weighted by Crippen LogP contribution is 2.44. The number of hydrogen-bond donors (Lipinski definition) is 1. The number of hydrogen-bond acceptors (Lipinski definition) is 2. The number of rotatable bonds is 1. The number of alkyl carbamates (subject to hydrolysis) is 1. The summed E-state index contributed by atoms with van der Waals surface area (Å²) in [5, 5.41) is 3.01. The molecule has 2 aliphatic rings. The second-order valence-electron chi connectivity index (χ2n) is 5.93. The summed E-state index contributed by atoms with van der Waals surface area (Å²) in [4.78, 5) is 11.6. The monoisotopic (exact) mass is 211 g/mol. The topological polar surface area (TPSA) is 38.3 Å². The van der Waals surface area contributed by atoms with E-state index in [1.807, 2.05) is 20.8 Å². The van der Waals surface area contributed by atoms with Crippen molar-refractivity contribution in [2.24, 2.45) is 11.8 Å². The predicted molar refractivity (Wildman–Crippen MR) is 58.6 cm³/mol. The fraction of sp³-hybridized carbons (Fsp3) is 0.917. The molecule has 0 aromatic rings. The molecule has 86 valence electrons. The van der Waals surface area contributed by atoms with Crippen molar-refractivity contribution in [3.05, 3.63) is 0 Å². The molecule has 1 N–H and O–H groups in total. The van der Waals surface area contributed by atoms with Crippen molar-refractivity contribution >= 4 is 6.09 Å². The van der Waals surface area contributed by atoms with Gasteiger partial charge in [-0.25, -0.2) is 4.79 Å². The molecule has 0 aromatic carbocycles. The van der Waals surface area contributed by atoms with Crippen LogP contribution in [0.4, 0.5) is 4.79 Å². The molecule has 3 atom stereocenters. The second kappa shape index (κ2) is 3.69. The zero-order valence-corrected chi connectivity index (χ0v) is 9.88. The molecule has 0 aromatic heterocycles. The third-order valence-electron chi connectivity index (χ3n) is 3.44. The normalized spacial score (nSPS) is 34.2. The minimum absolute atomic E-state index is 0.250. The first-order valence-electron chi connectivity index (χ1n) is 5.93. The van der Waals surface area contributed by atoms with Crippen molar-refractivity contribution < 1.29 is 9.53 Å². The van der Waals surface area contributed by atoms with E-state index in [0.717, 1.165) is 12.3 Å². The van der Waals surface area contributed by atoms with Gasteiger partial charge < -0.3 is 10.1 Å². The zero-order chi connectivity index (χ0) is 11.1. The van der Waals surface area contributed by atoms with Gasteiger partial charge in [0.15, 0.2) is 0 Å². The molecule has 2 rings (SSSR count). The molecule has 2 bridgehead atoms. The number of amides is 1. The fourth-order valence-electron chi connectivity index (χ4n) is 2.88. The fourth-order valence-corrected chi connectivity index (χ4v) is 2.88. The molecule has 1 amide bonds. The van der Waals surface area contributed by atoms with E-state index >= 15 is 0 Å². The van der Waals surface area contributed by atoms with Gasteiger partial charge in [0.2, 0.25) is 0 Å². The van der Waals surface area contributed by atoms with Gasteiger partial charge in [0, 0.05) is 6.04 Å². The third-order valence-corrected chi connectivity index (χ3v) is 3.44. The van der Waals surface area contributed by atoms with E-state index < -0.39 is 0 Å². The summed E-state index contributed by atoms with van der Waals surface area (Å²) in [6.45, 7) is 5.69. The van der Waals surface area contributed by atoms with Gasteiger partial charge in [0.1, 0.15) is 5.60 Å². The average molecular weight is 211 g/mol. The quantitative estimate of drug-likeness (QED) is 0.724. The van der Waals surface area contributed by atoms with Crippen LogP contribution in [0, 0.1) is 11.8 Å². The summed E-state index contributed by atoms with van der Waals surface area (Å²) < 4.78 is 5.26. The summed E-state index contributed by atoms with van der Waals surface area (Å²) in [7, 11) is 0. The Labute approximate surface area is 91.6 Å². The van der Waals surface area contributed by atoms with E-state index in [1.54, 1.807) is 0 Å². The van der Waals surface area contributed by atoms with Gasteiger partial charge in [-0.3, -0.25) is 0 Å². The highest BCUT2D eigenvalue weighted by molar-refractivity contribution is 5.68. The Morgan fingerprint density at radius 2 is 2.00 bits per heavy atom. The lowest BCUT2D eigenvalue weighted by Gasteiger charge is -2.25. The molecule has 0 spiro atoms. The third kappa shape index (κ3) is 2.64. The Balaban J connectivity index is 1.80. The Kier molecular flexibility index (Phi) is 2.65. The molecule has 0 aliphatic heterocycles. The molecule has 2 fully saturated rings. The van der Waals surface area contributed by atoms with Crippen molar-refractivity contribution in [3.63, 3.8) is 0 Å². The Bertz CT molecular complexity index is 257. The highest BCUT2D eigenvalue weighted by atomic mass is 16.6. The minimum Gasteiger partial charge on any atom is -0.444 e. The van der Waals surface area contributed by atoms with Crippen LogP contribution in [0.3, 0.4) is 0 Å². The van der Waals surface area contributed by atoms with Gasteiger partial charge in [-0.15, -0.1) is 0 Å². The predicted octanol–water partition coefficient (Wildman–Crippen LogP) is 2.70. The number of nitrogens with one attached hydrogen (secondary N) is 1. The molecule has 15 heavy (non-hydrogen) atoms. The van der Waals surface area contributed by atoms with Crippen LogP contribution in [0.15, 0.2) is 0 Å². The van der Waals surface area contributed by atoms with E-state index in [2.05, 4.69) is 5.32 Å². The smallest absolute Gasteiger partial charge is 0.407 e. The number of carbonyl (C=O) groups is 1. The summed E-state index contributed by atoms with van der Waals surface area (Å²) in [6, 6.07) is 0.374. The SMILES string of the molecule is CC(C)(C)OC(=O)N[C@H]1CC2CCC1C2. The highest BCUT2D eigenvalue weighted by Gasteiger charge is 2.40. The van der Waals surface area contributed by atoms with Gasteiger partial charge in [0.05, 0.1) is 0 Å². The second-order valence-corrected chi connectivity index (χ2v) is 5.93. The van der Waals surface area contributed by atoms with Gasteiger partial charge >= 0.3 is 6.09 Å². The van der Waals surface area contributed by atoms with E-state index in [-0.39, 0.29) is 11.7 Å². The number of carbonyl (C=O) groups excluding carboxylic acids is 1. The lowest BCUT2D eigenvalue weighted by Crippen LogP contribution is -2.41. The van der Waals surface area contributed by atoms with Crippen molar-refractivity contribution in [2.45, 2.75) is 58.1 Å². The van der Waals surface area contributed by atoms with Crippen molar-refractivity contribution in [1.82, 2.24) is 5.32 Å². The average Bonchev–Trinajstić information content (AvgIpc) is 2.60. The summed E-state index contributed by atoms with van der Waals surface area (Å²) >= 11 is 0. The molecule has 0 radical (unpaired) electrons. The molecule has 3 heteroatoms. The molecular weight excluding hydrogens is 190 g/mol. The first-order chi connectivity index (χ1) is 6.94. The van der Waals surface area contributed by atoms with Crippen LogP contribution in [-0.2, 0) is 4.74 Å². The summed E-state index contributed by atoms with van der Waals surface area (Å²) in [5.74, 6) is 1.57. The van der Waals surface area contributed by atoms with Crippen LogP contribution in [0.5, 0.6) is 0 Å². The first-order valence-corrected chi connectivity index (χ1v) is 5.93. The Morgan fingerprint density at radius 3 is 2.47 bits per heavy atom. The standard InChI is InChI=1S/C12H21NO2/c1-12(2,3)15-11(14)13-10-7-8-4-5-9(10)6-8/h8-10H,4-7H2,1-3H3,(H,13,14)/t8?,9?,10-/m0/s1. The molecule has 3 nitrogen and oxygen atoms in total. The Hall–Kier alpha value is -0.730. The Morgan fingerprint density at radius 1 is 1.27 bits per heavy atom. The molecule has 0 saturated heterocycles. The molecule has 0 heterocycles. The van der Waals surface area contributed by atoms with Crippen LogP contribution in [0.2, 0.25) is 0 Å². The van der Waals surface area contributed by atoms with Crippen LogP contribution in [-0.4, -0.2) is 17.7 Å². The lowest BCUT2D eigenvalue weighted by molar-refractivity contribution is 0.0487. The minimum atomic E-state index is -0.387. The van der Waals surface area contributed by atoms with Gasteiger partial charge in [0.25, 0.3) is 0 Å². The number of ether oxygens (including phenoxy) is 1. The van der Waals surface area contributed by atoms with E-state index in [1.165, 1.54) is 19.3 Å². The van der Waals surface area contributed by atoms with Crippen LogP contribution < -0.4 is 5.32 Å². The van der Waals surface area contributed by atoms with Crippen molar-refractivity contribution in [2.75, 3.05) is 0 Å². The van der Waals surface area contributed by atoms with Crippen molar-refractivity contribution in [3.8, 4) is 0 Å². The van der Waals surface area contributed by atoms with Gasteiger partial charge in [-0.1, -0.05) is 6.42 Å².